The van der Waals surface area contributed by atoms with Crippen LogP contribution in [0.3, 0.4) is 0 Å². The lowest BCUT2D eigenvalue weighted by atomic mass is 10.1. The average Bonchev–Trinajstić information content (AvgIpc) is 2.54. The van der Waals surface area contributed by atoms with E-state index in [2.05, 4.69) is 9.46 Å². The van der Waals surface area contributed by atoms with Crippen LogP contribution in [0.25, 0.3) is 0 Å². The molecule has 0 aliphatic carbocycles. The Morgan fingerprint density at radius 1 is 1.13 bits per heavy atom. The van der Waals surface area contributed by atoms with Gasteiger partial charge in [0.15, 0.2) is 0 Å². The summed E-state index contributed by atoms with van der Waals surface area (Å²) in [7, 11) is -2.78. The van der Waals surface area contributed by atoms with Gasteiger partial charge in [0.05, 0.1) is 12.0 Å². The number of benzene rings is 2. The largest absolute Gasteiger partial charge is 0.468 e. The van der Waals surface area contributed by atoms with Crippen molar-refractivity contribution in [1.29, 1.82) is 0 Å². The lowest BCUT2D eigenvalue weighted by Gasteiger charge is -2.16. The van der Waals surface area contributed by atoms with E-state index in [1.807, 2.05) is 6.07 Å². The summed E-state index contributed by atoms with van der Waals surface area (Å²) in [6.45, 7) is 0. The van der Waals surface area contributed by atoms with Gasteiger partial charge in [-0.1, -0.05) is 30.3 Å². The zero-order chi connectivity index (χ0) is 16.9. The van der Waals surface area contributed by atoms with Crippen LogP contribution in [0.2, 0.25) is 0 Å². The molecule has 0 heterocycles. The fraction of sp³-hybridized carbons (Fsp3) is 0.188. The zero-order valence-electron chi connectivity index (χ0n) is 12.4. The van der Waals surface area contributed by atoms with E-state index in [0.717, 1.165) is 29.8 Å². The van der Waals surface area contributed by atoms with Gasteiger partial charge in [0.25, 0.3) is 0 Å². The Kier molecular flexibility index (Phi) is 5.46. The second-order valence-electron chi connectivity index (χ2n) is 4.84. The molecule has 2 rings (SSSR count). The number of methoxy groups -OCH3 is 1. The second kappa shape index (κ2) is 7.34. The first kappa shape index (κ1) is 17.1. The van der Waals surface area contributed by atoms with E-state index in [0.29, 0.717) is 0 Å². The van der Waals surface area contributed by atoms with Crippen LogP contribution in [0, 0.1) is 5.82 Å². The number of ether oxygens (including phenoxy) is 1. The van der Waals surface area contributed by atoms with Crippen LogP contribution in [0.1, 0.15) is 5.56 Å². The maximum atomic E-state index is 12.9. The van der Waals surface area contributed by atoms with Crippen LogP contribution in [0.4, 0.5) is 4.39 Å². The summed E-state index contributed by atoms with van der Waals surface area (Å²) in [6.07, 6.45) is 0.147. The Labute approximate surface area is 134 Å². The van der Waals surface area contributed by atoms with Crippen molar-refractivity contribution in [3.63, 3.8) is 0 Å². The summed E-state index contributed by atoms with van der Waals surface area (Å²) >= 11 is 0. The molecule has 0 saturated heterocycles. The Hall–Kier alpha value is -2.25. The number of esters is 1. The standard InChI is InChI=1S/C16H16FNO4S/c1-22-16(19)15(11-12-5-3-2-4-6-12)18-23(20,21)14-9-7-13(17)8-10-14/h2-10,15,18H,11H2,1H3. The summed E-state index contributed by atoms with van der Waals surface area (Å²) in [5.41, 5.74) is 0.782. The van der Waals surface area contributed by atoms with Crippen molar-refractivity contribution in [1.82, 2.24) is 4.72 Å². The van der Waals surface area contributed by atoms with Crippen molar-refractivity contribution >= 4 is 16.0 Å². The van der Waals surface area contributed by atoms with Gasteiger partial charge >= 0.3 is 5.97 Å². The van der Waals surface area contributed by atoms with E-state index in [-0.39, 0.29) is 11.3 Å². The molecule has 0 radical (unpaired) electrons. The van der Waals surface area contributed by atoms with Crippen molar-refractivity contribution in [2.75, 3.05) is 7.11 Å². The molecule has 2 aromatic rings. The van der Waals surface area contributed by atoms with E-state index in [1.165, 1.54) is 7.11 Å². The SMILES string of the molecule is COC(=O)C(Cc1ccccc1)NS(=O)(=O)c1ccc(F)cc1. The fourth-order valence-corrected chi connectivity index (χ4v) is 3.22. The number of sulfonamides is 1. The molecule has 0 fully saturated rings. The molecule has 0 bridgehead atoms. The van der Waals surface area contributed by atoms with Gasteiger partial charge in [0, 0.05) is 0 Å². The molecule has 0 aliphatic rings. The monoisotopic (exact) mass is 337 g/mol. The van der Waals surface area contributed by atoms with Crippen molar-refractivity contribution in [2.45, 2.75) is 17.4 Å². The van der Waals surface area contributed by atoms with E-state index in [4.69, 9.17) is 0 Å². The number of nitrogens with one attached hydrogen (secondary N) is 1. The Bertz CT molecular complexity index is 760. The fourth-order valence-electron chi connectivity index (χ4n) is 2.03. The molecule has 0 saturated carbocycles. The van der Waals surface area contributed by atoms with Crippen LogP contribution < -0.4 is 4.72 Å². The maximum absolute atomic E-state index is 12.9. The molecule has 7 heteroatoms. The normalized spacial score (nSPS) is 12.6. The van der Waals surface area contributed by atoms with Crippen molar-refractivity contribution < 1.29 is 22.3 Å². The molecule has 23 heavy (non-hydrogen) atoms. The molecule has 0 aromatic heterocycles. The summed E-state index contributed by atoms with van der Waals surface area (Å²) < 4.78 is 44.5. The number of carbonyl (C=O) groups excluding carboxylic acids is 1. The van der Waals surface area contributed by atoms with E-state index in [1.54, 1.807) is 24.3 Å². The molecule has 1 unspecified atom stereocenters. The molecular formula is C16H16FNO4S. The van der Waals surface area contributed by atoms with Crippen LogP contribution in [0.5, 0.6) is 0 Å². The third-order valence-corrected chi connectivity index (χ3v) is 4.68. The molecule has 1 N–H and O–H groups in total. The van der Waals surface area contributed by atoms with Gasteiger partial charge in [-0.15, -0.1) is 0 Å². The zero-order valence-corrected chi connectivity index (χ0v) is 13.2. The topological polar surface area (TPSA) is 72.5 Å². The molecule has 5 nitrogen and oxygen atoms in total. The summed E-state index contributed by atoms with van der Waals surface area (Å²) in [6, 6.07) is 12.2. The van der Waals surface area contributed by atoms with Crippen LogP contribution in [0.15, 0.2) is 59.5 Å². The second-order valence-corrected chi connectivity index (χ2v) is 6.55. The third kappa shape index (κ3) is 4.61. The highest BCUT2D eigenvalue weighted by atomic mass is 32.2. The minimum atomic E-state index is -3.97. The molecule has 0 spiro atoms. The molecule has 122 valence electrons. The van der Waals surface area contributed by atoms with Crippen LogP contribution in [-0.4, -0.2) is 27.5 Å². The average molecular weight is 337 g/mol. The number of carbonyl (C=O) groups is 1. The summed E-state index contributed by atoms with van der Waals surface area (Å²) in [5, 5.41) is 0. The van der Waals surface area contributed by atoms with Gasteiger partial charge in [-0.25, -0.2) is 12.8 Å². The smallest absolute Gasteiger partial charge is 0.324 e. The van der Waals surface area contributed by atoms with Crippen LogP contribution in [-0.2, 0) is 26.0 Å². The number of hydrogen-bond acceptors (Lipinski definition) is 4. The summed E-state index contributed by atoms with van der Waals surface area (Å²) in [5.74, 6) is -1.24. The van der Waals surface area contributed by atoms with Gasteiger partial charge in [0.2, 0.25) is 10.0 Å². The van der Waals surface area contributed by atoms with Gasteiger partial charge in [-0.05, 0) is 36.2 Å². The van der Waals surface area contributed by atoms with Crippen molar-refractivity contribution in [3.8, 4) is 0 Å². The first-order valence-corrected chi connectivity index (χ1v) is 8.30. The molecule has 0 amide bonds. The molecule has 2 aromatic carbocycles. The highest BCUT2D eigenvalue weighted by Crippen LogP contribution is 2.12. The molecular weight excluding hydrogens is 321 g/mol. The first-order chi connectivity index (χ1) is 10.9. The van der Waals surface area contributed by atoms with Gasteiger partial charge in [-0.2, -0.15) is 4.72 Å². The highest BCUT2D eigenvalue weighted by molar-refractivity contribution is 7.89. The van der Waals surface area contributed by atoms with Gasteiger partial charge < -0.3 is 4.74 Å². The van der Waals surface area contributed by atoms with Crippen molar-refractivity contribution in [3.05, 3.63) is 66.0 Å². The Morgan fingerprint density at radius 2 is 1.74 bits per heavy atom. The minimum absolute atomic E-state index is 0.124. The number of halogens is 1. The minimum Gasteiger partial charge on any atom is -0.468 e. The summed E-state index contributed by atoms with van der Waals surface area (Å²) in [4.78, 5) is 11.7. The molecule has 1 atom stereocenters. The lowest BCUT2D eigenvalue weighted by Crippen LogP contribution is -2.42. The van der Waals surface area contributed by atoms with Crippen LogP contribution >= 0.6 is 0 Å². The maximum Gasteiger partial charge on any atom is 0.324 e. The number of rotatable bonds is 6. The third-order valence-electron chi connectivity index (χ3n) is 3.19. The predicted octanol–water partition coefficient (Wildman–Crippen LogP) is 1.89. The van der Waals surface area contributed by atoms with Gasteiger partial charge in [-0.3, -0.25) is 4.79 Å². The lowest BCUT2D eigenvalue weighted by molar-refractivity contribution is -0.142. The van der Waals surface area contributed by atoms with E-state index >= 15 is 0 Å². The number of hydrogen-bond donors (Lipinski definition) is 1. The Balaban J connectivity index is 2.23. The highest BCUT2D eigenvalue weighted by Gasteiger charge is 2.26. The van der Waals surface area contributed by atoms with E-state index < -0.39 is 27.9 Å². The first-order valence-electron chi connectivity index (χ1n) is 6.82. The Morgan fingerprint density at radius 3 is 2.30 bits per heavy atom. The predicted molar refractivity (Wildman–Crippen MR) is 82.7 cm³/mol. The van der Waals surface area contributed by atoms with Gasteiger partial charge in [0.1, 0.15) is 11.9 Å². The molecule has 0 aliphatic heterocycles. The quantitative estimate of drug-likeness (QED) is 0.817. The van der Waals surface area contributed by atoms with Crippen molar-refractivity contribution in [2.24, 2.45) is 0 Å². The van der Waals surface area contributed by atoms with E-state index in [9.17, 15) is 17.6 Å².